The van der Waals surface area contributed by atoms with Gasteiger partial charge in [0.25, 0.3) is 0 Å². The van der Waals surface area contributed by atoms with E-state index in [-0.39, 0.29) is 14.6 Å². The second-order valence-corrected chi connectivity index (χ2v) is 6.66. The van der Waals surface area contributed by atoms with Gasteiger partial charge in [0.2, 0.25) is 12.7 Å². The van der Waals surface area contributed by atoms with Crippen molar-refractivity contribution in [2.75, 3.05) is 14.0 Å². The zero-order valence-corrected chi connectivity index (χ0v) is 15.5. The fourth-order valence-electron chi connectivity index (χ4n) is 3.16. The number of alkyl halides is 1. The van der Waals surface area contributed by atoms with E-state index < -0.39 is 24.3 Å². The lowest BCUT2D eigenvalue weighted by atomic mass is 9.79. The minimum absolute atomic E-state index is 0. The Balaban J connectivity index is 0.000000537. The molecule has 0 unspecified atom stereocenters. The zero-order chi connectivity index (χ0) is 19.8. The van der Waals surface area contributed by atoms with Crippen molar-refractivity contribution in [3.05, 3.63) is 59.4 Å². The van der Waals surface area contributed by atoms with Gasteiger partial charge in [-0.15, -0.1) is 0 Å². The highest BCUT2D eigenvalue weighted by Crippen LogP contribution is 2.35. The third-order valence-corrected chi connectivity index (χ3v) is 4.81. The molecular formula is C22H30F4O2. The van der Waals surface area contributed by atoms with Crippen LogP contribution in [0.25, 0.3) is 0 Å². The van der Waals surface area contributed by atoms with Gasteiger partial charge in [-0.05, 0) is 54.5 Å². The number of benzene rings is 2. The molecule has 0 saturated heterocycles. The van der Waals surface area contributed by atoms with E-state index in [1.54, 1.807) is 0 Å². The van der Waals surface area contributed by atoms with Crippen LogP contribution in [0.2, 0.25) is 0 Å². The molecular weight excluding hydrogens is 372 g/mol. The summed E-state index contributed by atoms with van der Waals surface area (Å²) >= 11 is 0. The molecule has 1 aliphatic rings. The highest BCUT2D eigenvalue weighted by atomic mass is 19.2. The van der Waals surface area contributed by atoms with Crippen molar-refractivity contribution in [1.29, 1.82) is 0 Å². The maximum Gasteiger partial charge on any atom is 0.228 e. The molecule has 0 heterocycles. The van der Waals surface area contributed by atoms with Gasteiger partial charge < -0.3 is 9.47 Å². The average Bonchev–Trinajstić information content (AvgIpc) is 2.68. The van der Waals surface area contributed by atoms with Gasteiger partial charge in [-0.3, -0.25) is 0 Å². The van der Waals surface area contributed by atoms with E-state index in [1.807, 2.05) is 12.1 Å². The Morgan fingerprint density at radius 1 is 0.929 bits per heavy atom. The van der Waals surface area contributed by atoms with Gasteiger partial charge in [0.1, 0.15) is 5.75 Å². The molecule has 6 heteroatoms. The highest BCUT2D eigenvalue weighted by Gasteiger charge is 2.19. The van der Waals surface area contributed by atoms with Crippen molar-refractivity contribution in [3.63, 3.8) is 0 Å². The molecule has 0 N–H and O–H groups in total. The quantitative estimate of drug-likeness (QED) is 0.395. The molecule has 28 heavy (non-hydrogen) atoms. The van der Waals surface area contributed by atoms with Gasteiger partial charge in [-0.2, -0.15) is 4.39 Å². The summed E-state index contributed by atoms with van der Waals surface area (Å²) in [5, 5.41) is 0. The number of hydrogen-bond donors (Lipinski definition) is 0. The van der Waals surface area contributed by atoms with Crippen molar-refractivity contribution in [2.45, 2.75) is 46.0 Å². The van der Waals surface area contributed by atoms with E-state index >= 15 is 0 Å². The fourth-order valence-corrected chi connectivity index (χ4v) is 3.16. The molecule has 0 aromatic heterocycles. The van der Waals surface area contributed by atoms with Crippen LogP contribution in [0.15, 0.2) is 36.4 Å². The number of hydrogen-bond acceptors (Lipinski definition) is 2. The fraction of sp³-hybridized carbons (Fsp3) is 0.455. The molecule has 0 spiro atoms. The SMILES string of the molecule is C.CC1CCC(c2ccc(OCF)cc2)CC1.COc1ccc(F)c(F)c1F.[HH]. The smallest absolute Gasteiger partial charge is 0.228 e. The molecule has 3 rings (SSSR count). The Kier molecular flexibility index (Phi) is 9.83. The van der Waals surface area contributed by atoms with Crippen LogP contribution >= 0.6 is 0 Å². The molecule has 0 bridgehead atoms. The molecule has 1 fully saturated rings. The third-order valence-electron chi connectivity index (χ3n) is 4.81. The first-order valence-electron chi connectivity index (χ1n) is 8.92. The molecule has 2 nitrogen and oxygen atoms in total. The summed E-state index contributed by atoms with van der Waals surface area (Å²) in [4.78, 5) is 0. The second-order valence-electron chi connectivity index (χ2n) is 6.66. The van der Waals surface area contributed by atoms with Gasteiger partial charge in [0.15, 0.2) is 17.4 Å². The van der Waals surface area contributed by atoms with Crippen LogP contribution in [0.1, 0.15) is 52.9 Å². The normalized spacial score (nSPS) is 18.4. The van der Waals surface area contributed by atoms with Crippen LogP contribution in [0, 0.1) is 23.4 Å². The summed E-state index contributed by atoms with van der Waals surface area (Å²) in [5.74, 6) is -2.14. The average molecular weight is 402 g/mol. The Labute approximate surface area is 166 Å². The number of rotatable bonds is 4. The van der Waals surface area contributed by atoms with E-state index in [4.69, 9.17) is 4.74 Å². The van der Waals surface area contributed by atoms with Crippen LogP contribution in [0.3, 0.4) is 0 Å². The van der Waals surface area contributed by atoms with Gasteiger partial charge in [-0.25, -0.2) is 13.2 Å². The summed E-state index contributed by atoms with van der Waals surface area (Å²) in [7, 11) is 1.18. The topological polar surface area (TPSA) is 18.5 Å². The van der Waals surface area contributed by atoms with Gasteiger partial charge >= 0.3 is 0 Å². The Hall–Kier alpha value is -2.24. The summed E-state index contributed by atoms with van der Waals surface area (Å²) in [6, 6.07) is 9.71. The molecule has 0 radical (unpaired) electrons. The molecule has 0 amide bonds. The summed E-state index contributed by atoms with van der Waals surface area (Å²) in [6.45, 7) is 1.58. The lowest BCUT2D eigenvalue weighted by Gasteiger charge is -2.26. The predicted octanol–water partition coefficient (Wildman–Crippen LogP) is 7.28. The van der Waals surface area contributed by atoms with Crippen LogP contribution in [0.5, 0.6) is 11.5 Å². The Morgan fingerprint density at radius 2 is 1.54 bits per heavy atom. The first-order valence-corrected chi connectivity index (χ1v) is 8.92. The second kappa shape index (κ2) is 11.6. The van der Waals surface area contributed by atoms with Crippen LogP contribution < -0.4 is 9.47 Å². The van der Waals surface area contributed by atoms with Gasteiger partial charge in [0.05, 0.1) is 7.11 Å². The minimum Gasteiger partial charge on any atom is -0.494 e. The lowest BCUT2D eigenvalue weighted by Crippen LogP contribution is -2.10. The standard InChI is InChI=1S/C14H19FO.C7H5F3O.CH4.H2/c1-11-2-4-12(5-3-11)13-6-8-14(9-7-13)16-10-15;1-11-5-3-2-4(8)6(9)7(5)10;;/h6-9,11-12H,2-5,10H2,1H3;2-3H,1H3;1H4;1H. The van der Waals surface area contributed by atoms with Crippen molar-refractivity contribution < 1.29 is 28.5 Å². The maximum absolute atomic E-state index is 12.5. The van der Waals surface area contributed by atoms with Crippen molar-refractivity contribution in [1.82, 2.24) is 0 Å². The zero-order valence-electron chi connectivity index (χ0n) is 15.5. The van der Waals surface area contributed by atoms with E-state index in [1.165, 1.54) is 38.4 Å². The first-order chi connectivity index (χ1) is 13.0. The van der Waals surface area contributed by atoms with Crippen LogP contribution in [0.4, 0.5) is 17.6 Å². The first kappa shape index (κ1) is 23.8. The van der Waals surface area contributed by atoms with Gasteiger partial charge in [-0.1, -0.05) is 39.3 Å². The maximum atomic E-state index is 12.5. The van der Waals surface area contributed by atoms with Crippen molar-refractivity contribution in [2.24, 2.45) is 5.92 Å². The van der Waals surface area contributed by atoms with Gasteiger partial charge in [0, 0.05) is 1.43 Å². The summed E-state index contributed by atoms with van der Waals surface area (Å²) in [6.07, 6.45) is 5.22. The van der Waals surface area contributed by atoms with E-state index in [0.29, 0.717) is 11.7 Å². The van der Waals surface area contributed by atoms with E-state index in [0.717, 1.165) is 18.1 Å². The molecule has 158 valence electrons. The number of methoxy groups -OCH3 is 1. The number of ether oxygens (including phenoxy) is 2. The molecule has 1 saturated carbocycles. The largest absolute Gasteiger partial charge is 0.494 e. The Morgan fingerprint density at radius 3 is 2.07 bits per heavy atom. The predicted molar refractivity (Wildman–Crippen MR) is 105 cm³/mol. The molecule has 0 atom stereocenters. The highest BCUT2D eigenvalue weighted by molar-refractivity contribution is 5.29. The third kappa shape index (κ3) is 6.43. The number of halogens is 4. The molecule has 2 aromatic rings. The molecule has 2 aromatic carbocycles. The monoisotopic (exact) mass is 402 g/mol. The molecule has 1 aliphatic carbocycles. The van der Waals surface area contributed by atoms with Crippen molar-refractivity contribution in [3.8, 4) is 11.5 Å². The lowest BCUT2D eigenvalue weighted by molar-refractivity contribution is 0.191. The van der Waals surface area contributed by atoms with E-state index in [9.17, 15) is 17.6 Å². The molecule has 0 aliphatic heterocycles. The minimum atomic E-state index is -1.51. The van der Waals surface area contributed by atoms with Crippen LogP contribution in [-0.2, 0) is 0 Å². The van der Waals surface area contributed by atoms with Crippen molar-refractivity contribution >= 4 is 0 Å². The summed E-state index contributed by atoms with van der Waals surface area (Å²) in [5.41, 5.74) is 1.37. The van der Waals surface area contributed by atoms with Crippen LogP contribution in [-0.4, -0.2) is 14.0 Å². The Bertz CT molecular complexity index is 717. The summed E-state index contributed by atoms with van der Waals surface area (Å²) < 4.78 is 58.2. The van der Waals surface area contributed by atoms with E-state index in [2.05, 4.69) is 23.8 Å².